The molecule has 2 aliphatic rings. The third kappa shape index (κ3) is 3.22. The second-order valence-electron chi connectivity index (χ2n) is 9.58. The minimum atomic E-state index is -0.183. The molecular weight excluding hydrogens is 427 g/mol. The van der Waals surface area contributed by atoms with Gasteiger partial charge in [-0.25, -0.2) is 4.39 Å². The van der Waals surface area contributed by atoms with Crippen LogP contribution in [0, 0.1) is 11.7 Å². The summed E-state index contributed by atoms with van der Waals surface area (Å²) in [7, 11) is 1.69. The molecule has 172 valence electrons. The van der Waals surface area contributed by atoms with Gasteiger partial charge in [0.1, 0.15) is 11.6 Å². The lowest BCUT2D eigenvalue weighted by atomic mass is 9.58. The number of halogens is 1. The lowest BCUT2D eigenvalue weighted by Gasteiger charge is -2.51. The van der Waals surface area contributed by atoms with Crippen LogP contribution in [0.2, 0.25) is 0 Å². The van der Waals surface area contributed by atoms with Crippen molar-refractivity contribution in [3.63, 3.8) is 0 Å². The van der Waals surface area contributed by atoms with E-state index in [1.165, 1.54) is 11.6 Å². The number of carbonyl (C=O) groups is 1. The molecule has 1 aliphatic carbocycles. The van der Waals surface area contributed by atoms with Crippen molar-refractivity contribution >= 4 is 16.8 Å². The van der Waals surface area contributed by atoms with E-state index in [-0.39, 0.29) is 23.1 Å². The Balaban J connectivity index is 1.45. The molecule has 2 atom stereocenters. The second kappa shape index (κ2) is 8.01. The molecule has 4 nitrogen and oxygen atoms in total. The van der Waals surface area contributed by atoms with E-state index in [0.717, 1.165) is 41.8 Å². The number of hydrogen-bond acceptors (Lipinski definition) is 2. The summed E-state index contributed by atoms with van der Waals surface area (Å²) >= 11 is 0. The molecule has 1 fully saturated rings. The van der Waals surface area contributed by atoms with Gasteiger partial charge in [-0.05, 0) is 72.7 Å². The van der Waals surface area contributed by atoms with Crippen molar-refractivity contribution in [3.8, 4) is 5.75 Å². The molecule has 1 aliphatic heterocycles. The molecule has 0 radical (unpaired) electrons. The lowest BCUT2D eigenvalue weighted by Crippen LogP contribution is -2.55. The summed E-state index contributed by atoms with van der Waals surface area (Å²) in [6.45, 7) is 1.33. The zero-order chi connectivity index (χ0) is 23.3. The van der Waals surface area contributed by atoms with Gasteiger partial charge < -0.3 is 14.6 Å². The zero-order valence-electron chi connectivity index (χ0n) is 19.2. The molecule has 1 unspecified atom stereocenters. The Hall–Kier alpha value is -3.60. The lowest BCUT2D eigenvalue weighted by molar-refractivity contribution is 0.0500. The molecule has 0 bridgehead atoms. The number of aromatic amines is 1. The van der Waals surface area contributed by atoms with Crippen LogP contribution < -0.4 is 4.74 Å². The normalized spacial score (nSPS) is 21.7. The number of amides is 1. The van der Waals surface area contributed by atoms with Crippen LogP contribution >= 0.6 is 0 Å². The fourth-order valence-corrected chi connectivity index (χ4v) is 6.19. The van der Waals surface area contributed by atoms with Gasteiger partial charge in [0.2, 0.25) is 0 Å². The van der Waals surface area contributed by atoms with Crippen molar-refractivity contribution in [2.24, 2.45) is 5.92 Å². The fraction of sp³-hybridized carbons (Fsp3) is 0.276. The zero-order valence-corrected chi connectivity index (χ0v) is 19.2. The predicted molar refractivity (Wildman–Crippen MR) is 131 cm³/mol. The minimum Gasteiger partial charge on any atom is -0.497 e. The quantitative estimate of drug-likeness (QED) is 0.443. The van der Waals surface area contributed by atoms with E-state index in [0.29, 0.717) is 24.0 Å². The molecule has 1 amide bonds. The molecule has 1 aromatic heterocycles. The Labute approximate surface area is 198 Å². The van der Waals surface area contributed by atoms with Gasteiger partial charge in [0.05, 0.1) is 7.11 Å². The molecule has 1 N–H and O–H groups in total. The number of H-pyrrole nitrogens is 1. The van der Waals surface area contributed by atoms with Crippen LogP contribution in [0.25, 0.3) is 10.9 Å². The first-order chi connectivity index (χ1) is 16.6. The first-order valence-corrected chi connectivity index (χ1v) is 11.9. The summed E-state index contributed by atoms with van der Waals surface area (Å²) in [5.41, 5.74) is 4.82. The van der Waals surface area contributed by atoms with Crippen LogP contribution in [0.1, 0.15) is 33.6 Å². The van der Waals surface area contributed by atoms with E-state index < -0.39 is 0 Å². The highest BCUT2D eigenvalue weighted by Gasteiger charge is 2.49. The van der Waals surface area contributed by atoms with Gasteiger partial charge in [-0.1, -0.05) is 36.4 Å². The van der Waals surface area contributed by atoms with E-state index in [4.69, 9.17) is 4.74 Å². The van der Waals surface area contributed by atoms with Crippen LogP contribution in [0.4, 0.5) is 4.39 Å². The van der Waals surface area contributed by atoms with E-state index in [1.54, 1.807) is 13.2 Å². The molecule has 2 heterocycles. The van der Waals surface area contributed by atoms with Gasteiger partial charge in [0, 0.05) is 40.7 Å². The average Bonchev–Trinajstić information content (AvgIpc) is 3.25. The fourth-order valence-electron chi connectivity index (χ4n) is 6.19. The molecule has 5 heteroatoms. The monoisotopic (exact) mass is 454 g/mol. The van der Waals surface area contributed by atoms with Gasteiger partial charge >= 0.3 is 0 Å². The van der Waals surface area contributed by atoms with Crippen molar-refractivity contribution in [2.45, 2.75) is 24.7 Å². The Kier molecular flexibility index (Phi) is 4.94. The van der Waals surface area contributed by atoms with Gasteiger partial charge in [0.25, 0.3) is 5.91 Å². The number of benzene rings is 3. The smallest absolute Gasteiger partial charge is 0.253 e. The molecule has 0 spiro atoms. The van der Waals surface area contributed by atoms with Gasteiger partial charge in [0.15, 0.2) is 0 Å². The maximum absolute atomic E-state index is 14.9. The van der Waals surface area contributed by atoms with Crippen LogP contribution in [0.15, 0.2) is 72.8 Å². The first kappa shape index (κ1) is 21.0. The van der Waals surface area contributed by atoms with Crippen molar-refractivity contribution < 1.29 is 13.9 Å². The van der Waals surface area contributed by atoms with Crippen LogP contribution in [-0.4, -0.2) is 36.0 Å². The molecule has 6 rings (SSSR count). The summed E-state index contributed by atoms with van der Waals surface area (Å²) in [6, 6.07) is 23.0. The molecular formula is C29H27FN2O2. The number of fused-ring (bicyclic) bond motifs is 4. The number of aromatic nitrogens is 1. The number of nitrogens with zero attached hydrogens (tertiary/aromatic N) is 1. The number of methoxy groups -OCH3 is 1. The summed E-state index contributed by atoms with van der Waals surface area (Å²) in [5, 5.41) is 0.697. The Bertz CT molecular complexity index is 1380. The van der Waals surface area contributed by atoms with Crippen molar-refractivity contribution in [2.75, 3.05) is 20.2 Å². The van der Waals surface area contributed by atoms with Crippen LogP contribution in [-0.2, 0) is 18.3 Å². The van der Waals surface area contributed by atoms with Crippen molar-refractivity contribution in [3.05, 3.63) is 101 Å². The number of carbonyl (C=O) groups excluding carboxylic acids is 1. The largest absolute Gasteiger partial charge is 0.497 e. The Morgan fingerprint density at radius 1 is 1.09 bits per heavy atom. The van der Waals surface area contributed by atoms with E-state index >= 15 is 0 Å². The molecule has 4 aromatic rings. The third-order valence-electron chi connectivity index (χ3n) is 7.91. The number of hydrogen-bond donors (Lipinski definition) is 1. The average molecular weight is 455 g/mol. The minimum absolute atomic E-state index is 0.0655. The summed E-state index contributed by atoms with van der Waals surface area (Å²) in [6.07, 6.45) is 2.37. The number of nitrogens with one attached hydrogen (secondary N) is 1. The molecule has 34 heavy (non-hydrogen) atoms. The van der Waals surface area contributed by atoms with Crippen molar-refractivity contribution in [1.29, 1.82) is 0 Å². The summed E-state index contributed by atoms with van der Waals surface area (Å²) < 4.78 is 20.4. The van der Waals surface area contributed by atoms with E-state index in [2.05, 4.69) is 17.1 Å². The van der Waals surface area contributed by atoms with Gasteiger partial charge in [-0.15, -0.1) is 0 Å². The highest BCUT2D eigenvalue weighted by molar-refractivity contribution is 5.94. The maximum atomic E-state index is 14.9. The third-order valence-corrected chi connectivity index (χ3v) is 7.91. The number of ether oxygens (including phenoxy) is 1. The van der Waals surface area contributed by atoms with Crippen molar-refractivity contribution in [1.82, 2.24) is 9.88 Å². The highest BCUT2D eigenvalue weighted by atomic mass is 19.1. The Morgan fingerprint density at radius 3 is 2.74 bits per heavy atom. The number of likely N-dealkylation sites (tertiary alicyclic amines) is 1. The topological polar surface area (TPSA) is 45.3 Å². The number of rotatable bonds is 3. The SMILES string of the molecule is COc1cccc([C@]23CCN(C(=O)c4ccccc4)CC2Cc2c([nH]c4cccc(F)c24)C3)c1. The summed E-state index contributed by atoms with van der Waals surface area (Å²) in [5.74, 6) is 0.890. The summed E-state index contributed by atoms with van der Waals surface area (Å²) in [4.78, 5) is 18.8. The van der Waals surface area contributed by atoms with E-state index in [1.807, 2.05) is 53.4 Å². The molecule has 3 aromatic carbocycles. The second-order valence-corrected chi connectivity index (χ2v) is 9.58. The first-order valence-electron chi connectivity index (χ1n) is 11.9. The highest BCUT2D eigenvalue weighted by Crippen LogP contribution is 2.50. The predicted octanol–water partition coefficient (Wildman–Crippen LogP) is 5.51. The van der Waals surface area contributed by atoms with Crippen LogP contribution in [0.3, 0.4) is 0 Å². The maximum Gasteiger partial charge on any atom is 0.253 e. The van der Waals surface area contributed by atoms with Gasteiger partial charge in [-0.2, -0.15) is 0 Å². The van der Waals surface area contributed by atoms with E-state index in [9.17, 15) is 9.18 Å². The van der Waals surface area contributed by atoms with Gasteiger partial charge in [-0.3, -0.25) is 4.79 Å². The standard InChI is InChI=1S/C29H27FN2O2/c1-34-22-10-5-9-20(15-22)29-13-14-32(28(33)19-7-3-2-4-8-19)18-21(29)16-23-26(17-29)31-25-12-6-11-24(30)27(23)25/h2-12,15,21,31H,13-14,16-18H2,1H3/t21?,29-/m1/s1. The molecule has 0 saturated carbocycles. The van der Waals surface area contributed by atoms with Crippen LogP contribution in [0.5, 0.6) is 5.75 Å². The Morgan fingerprint density at radius 2 is 1.91 bits per heavy atom. The molecule has 1 saturated heterocycles. The number of piperidine rings is 1.